The van der Waals surface area contributed by atoms with Gasteiger partial charge in [-0.3, -0.25) is 0 Å². The van der Waals surface area contributed by atoms with Crippen LogP contribution in [0.5, 0.6) is 0 Å². The third-order valence-corrected chi connectivity index (χ3v) is 4.00. The zero-order valence-electron chi connectivity index (χ0n) is 15.2. The molecule has 1 atom stereocenters. The quantitative estimate of drug-likeness (QED) is 0.622. The van der Waals surface area contributed by atoms with Gasteiger partial charge in [0.25, 0.3) is 0 Å². The van der Waals surface area contributed by atoms with Gasteiger partial charge in [0.2, 0.25) is 0 Å². The summed E-state index contributed by atoms with van der Waals surface area (Å²) in [6.45, 7) is 18.5. The predicted octanol–water partition coefficient (Wildman–Crippen LogP) is 5.75. The average Bonchev–Trinajstić information content (AvgIpc) is 2.76. The molecule has 1 heterocycles. The molecule has 0 amide bonds. The van der Waals surface area contributed by atoms with E-state index in [9.17, 15) is 0 Å². The van der Waals surface area contributed by atoms with Crippen molar-refractivity contribution in [2.24, 2.45) is 11.3 Å². The zero-order valence-corrected chi connectivity index (χ0v) is 15.2. The third-order valence-electron chi connectivity index (χ3n) is 4.00. The molecule has 0 aliphatic carbocycles. The van der Waals surface area contributed by atoms with E-state index in [2.05, 4.69) is 46.1 Å². The minimum absolute atomic E-state index is 0.313. The van der Waals surface area contributed by atoms with Gasteiger partial charge in [0, 0.05) is 11.3 Å². The van der Waals surface area contributed by atoms with Crippen molar-refractivity contribution >= 4 is 0 Å². The normalized spacial score (nSPS) is 18.8. The van der Waals surface area contributed by atoms with Crippen LogP contribution in [-0.2, 0) is 16.1 Å². The van der Waals surface area contributed by atoms with E-state index < -0.39 is 0 Å². The zero-order chi connectivity index (χ0) is 17.3. The lowest BCUT2D eigenvalue weighted by Crippen LogP contribution is -2.20. The number of hydrogen-bond acceptors (Lipinski definition) is 2. The van der Waals surface area contributed by atoms with Gasteiger partial charge < -0.3 is 9.47 Å². The summed E-state index contributed by atoms with van der Waals surface area (Å²) in [6, 6.07) is 10.1. The first-order chi connectivity index (χ1) is 10.9. The Bertz CT molecular complexity index is 488. The summed E-state index contributed by atoms with van der Waals surface area (Å²) < 4.78 is 10.8. The highest BCUT2D eigenvalue weighted by molar-refractivity contribution is 5.13. The molecular formula is C21H32O2. The van der Waals surface area contributed by atoms with E-state index in [0.717, 1.165) is 17.9 Å². The molecule has 0 N–H and O–H groups in total. The van der Waals surface area contributed by atoms with Gasteiger partial charge in [-0.25, -0.2) is 0 Å². The van der Waals surface area contributed by atoms with Gasteiger partial charge in [0.1, 0.15) is 0 Å². The molecule has 1 fully saturated rings. The van der Waals surface area contributed by atoms with Gasteiger partial charge in [-0.2, -0.15) is 0 Å². The second-order valence-electron chi connectivity index (χ2n) is 7.02. The van der Waals surface area contributed by atoms with Crippen molar-refractivity contribution < 1.29 is 9.47 Å². The van der Waals surface area contributed by atoms with Crippen molar-refractivity contribution in [3.8, 4) is 0 Å². The largest absolute Gasteiger partial charge is 0.498 e. The fourth-order valence-corrected chi connectivity index (χ4v) is 2.67. The number of allylic oxidation sites excluding steroid dienone is 1. The standard InChI is InChI=1S/C11H14O.C10H18O/c1-10(2)8-12-9-11-6-4-3-5-7-11;1-5-6-9-8(2)11-7-10(9,3)4/h3-7H,1,8-9H2,2H3;9H,2,5-7H2,1,3-4H3. The average molecular weight is 316 g/mol. The van der Waals surface area contributed by atoms with Crippen LogP contribution >= 0.6 is 0 Å². The molecule has 1 unspecified atom stereocenters. The van der Waals surface area contributed by atoms with Crippen LogP contribution in [0.4, 0.5) is 0 Å². The fourth-order valence-electron chi connectivity index (χ4n) is 2.67. The maximum Gasteiger partial charge on any atom is 0.0935 e. The first-order valence-corrected chi connectivity index (χ1v) is 8.44. The Morgan fingerprint density at radius 2 is 1.96 bits per heavy atom. The van der Waals surface area contributed by atoms with E-state index in [0.29, 0.717) is 24.5 Å². The summed E-state index contributed by atoms with van der Waals surface area (Å²) in [4.78, 5) is 0. The van der Waals surface area contributed by atoms with Crippen molar-refractivity contribution in [3.05, 3.63) is 60.4 Å². The predicted molar refractivity (Wildman–Crippen MR) is 98.2 cm³/mol. The Labute approximate surface area is 142 Å². The highest BCUT2D eigenvalue weighted by Gasteiger charge is 2.38. The maximum atomic E-state index is 5.44. The van der Waals surface area contributed by atoms with Gasteiger partial charge in [-0.1, -0.05) is 76.3 Å². The van der Waals surface area contributed by atoms with Crippen LogP contribution in [0.2, 0.25) is 0 Å². The molecule has 0 spiro atoms. The summed E-state index contributed by atoms with van der Waals surface area (Å²) in [5.41, 5.74) is 2.58. The van der Waals surface area contributed by atoms with Crippen LogP contribution in [-0.4, -0.2) is 13.2 Å². The highest BCUT2D eigenvalue weighted by Crippen LogP contribution is 2.42. The van der Waals surface area contributed by atoms with Gasteiger partial charge in [-0.15, -0.1) is 0 Å². The molecule has 0 aromatic heterocycles. The van der Waals surface area contributed by atoms with E-state index >= 15 is 0 Å². The Hall–Kier alpha value is -1.54. The smallest absolute Gasteiger partial charge is 0.0935 e. The van der Waals surface area contributed by atoms with E-state index in [1.807, 2.05) is 25.1 Å². The molecule has 2 nitrogen and oxygen atoms in total. The SMILES string of the molecule is C=C(C)COCc1ccccc1.C=C1OCC(C)(C)C1CCC. The van der Waals surface area contributed by atoms with Crippen molar-refractivity contribution in [1.82, 2.24) is 0 Å². The topological polar surface area (TPSA) is 18.5 Å². The minimum Gasteiger partial charge on any atom is -0.498 e. The maximum absolute atomic E-state index is 5.44. The Balaban J connectivity index is 0.000000231. The van der Waals surface area contributed by atoms with Gasteiger partial charge in [-0.05, 0) is 18.9 Å². The third kappa shape index (κ3) is 7.04. The van der Waals surface area contributed by atoms with Gasteiger partial charge >= 0.3 is 0 Å². The second-order valence-corrected chi connectivity index (χ2v) is 7.02. The van der Waals surface area contributed by atoms with Crippen molar-refractivity contribution in [2.75, 3.05) is 13.2 Å². The second kappa shape index (κ2) is 9.57. The van der Waals surface area contributed by atoms with E-state index in [1.165, 1.54) is 18.4 Å². The molecular weight excluding hydrogens is 284 g/mol. The molecule has 0 radical (unpaired) electrons. The van der Waals surface area contributed by atoms with Crippen LogP contribution in [0, 0.1) is 11.3 Å². The van der Waals surface area contributed by atoms with Crippen LogP contribution in [0.25, 0.3) is 0 Å². The number of rotatable bonds is 6. The van der Waals surface area contributed by atoms with Crippen molar-refractivity contribution in [2.45, 2.75) is 47.1 Å². The van der Waals surface area contributed by atoms with Crippen molar-refractivity contribution in [1.29, 1.82) is 0 Å². The molecule has 2 heteroatoms. The molecule has 2 rings (SSSR count). The number of hydrogen-bond donors (Lipinski definition) is 0. The molecule has 1 aliphatic rings. The minimum atomic E-state index is 0.313. The summed E-state index contributed by atoms with van der Waals surface area (Å²) >= 11 is 0. The number of ether oxygens (including phenoxy) is 2. The van der Waals surface area contributed by atoms with E-state index in [-0.39, 0.29) is 0 Å². The Kier molecular flexibility index (Phi) is 8.11. The van der Waals surface area contributed by atoms with E-state index in [4.69, 9.17) is 9.47 Å². The highest BCUT2D eigenvalue weighted by atomic mass is 16.5. The van der Waals surface area contributed by atoms with Gasteiger partial charge in [0.05, 0.1) is 25.6 Å². The molecule has 23 heavy (non-hydrogen) atoms. The molecule has 0 saturated carbocycles. The molecule has 1 aromatic rings. The summed E-state index contributed by atoms with van der Waals surface area (Å²) in [6.07, 6.45) is 2.43. The van der Waals surface area contributed by atoms with E-state index in [1.54, 1.807) is 0 Å². The molecule has 1 aromatic carbocycles. The first kappa shape index (κ1) is 19.5. The summed E-state index contributed by atoms with van der Waals surface area (Å²) in [5, 5.41) is 0. The number of benzene rings is 1. The van der Waals surface area contributed by atoms with Crippen LogP contribution in [0.3, 0.4) is 0 Å². The Morgan fingerprint density at radius 3 is 2.43 bits per heavy atom. The monoisotopic (exact) mass is 316 g/mol. The fraction of sp³-hybridized carbons (Fsp3) is 0.524. The van der Waals surface area contributed by atoms with Crippen LogP contribution < -0.4 is 0 Å². The summed E-state index contributed by atoms with van der Waals surface area (Å²) in [5.74, 6) is 1.57. The molecule has 0 bridgehead atoms. The lowest BCUT2D eigenvalue weighted by Gasteiger charge is -2.22. The van der Waals surface area contributed by atoms with Crippen LogP contribution in [0.1, 0.15) is 46.1 Å². The van der Waals surface area contributed by atoms with Crippen molar-refractivity contribution in [3.63, 3.8) is 0 Å². The van der Waals surface area contributed by atoms with Gasteiger partial charge in [0.15, 0.2) is 0 Å². The lowest BCUT2D eigenvalue weighted by molar-refractivity contribution is 0.143. The molecule has 1 aliphatic heterocycles. The molecule has 1 saturated heterocycles. The summed E-state index contributed by atoms with van der Waals surface area (Å²) in [7, 11) is 0. The first-order valence-electron chi connectivity index (χ1n) is 8.44. The lowest BCUT2D eigenvalue weighted by atomic mass is 9.78. The Morgan fingerprint density at radius 1 is 1.30 bits per heavy atom. The van der Waals surface area contributed by atoms with Crippen LogP contribution in [0.15, 0.2) is 54.8 Å². The molecule has 128 valence electrons.